The third-order valence-electron chi connectivity index (χ3n) is 2.71. The van der Waals surface area contributed by atoms with Gasteiger partial charge < -0.3 is 10.6 Å². The van der Waals surface area contributed by atoms with Gasteiger partial charge in [-0.1, -0.05) is 32.1 Å². The first-order valence-corrected chi connectivity index (χ1v) is 6.89. The summed E-state index contributed by atoms with van der Waals surface area (Å²) in [5.41, 5.74) is 6.71. The second kappa shape index (κ2) is 8.16. The number of rotatable bonds is 8. The Morgan fingerprint density at radius 3 is 2.72 bits per heavy atom. The first-order valence-electron chi connectivity index (χ1n) is 6.48. The summed E-state index contributed by atoms with van der Waals surface area (Å²) < 4.78 is 0. The molecule has 0 fully saturated rings. The van der Waals surface area contributed by atoms with Gasteiger partial charge in [-0.15, -0.1) is 0 Å². The van der Waals surface area contributed by atoms with Crippen molar-refractivity contribution in [1.82, 2.24) is 9.88 Å². The van der Waals surface area contributed by atoms with E-state index in [-0.39, 0.29) is 0 Å². The lowest BCUT2D eigenvalue weighted by Crippen LogP contribution is -2.32. The molecule has 1 aromatic rings. The molecule has 0 aromatic carbocycles. The van der Waals surface area contributed by atoms with Crippen molar-refractivity contribution in [1.29, 1.82) is 0 Å². The second-order valence-corrected chi connectivity index (χ2v) is 5.51. The van der Waals surface area contributed by atoms with Crippen LogP contribution in [0.4, 0.5) is 0 Å². The zero-order valence-corrected chi connectivity index (χ0v) is 12.1. The Labute approximate surface area is 115 Å². The van der Waals surface area contributed by atoms with Gasteiger partial charge in [-0.3, -0.25) is 4.98 Å². The average Bonchev–Trinajstić information content (AvgIpc) is 2.33. The van der Waals surface area contributed by atoms with E-state index in [1.165, 1.54) is 0 Å². The van der Waals surface area contributed by atoms with Crippen LogP contribution in [0.3, 0.4) is 0 Å². The monoisotopic (exact) mass is 265 g/mol. The van der Waals surface area contributed by atoms with Gasteiger partial charge in [-0.25, -0.2) is 0 Å². The van der Waals surface area contributed by atoms with Gasteiger partial charge in [0.05, 0.1) is 4.99 Å². The van der Waals surface area contributed by atoms with Crippen molar-refractivity contribution in [2.45, 2.75) is 26.7 Å². The largest absolute Gasteiger partial charge is 0.393 e. The molecule has 0 amide bonds. The van der Waals surface area contributed by atoms with Gasteiger partial charge in [-0.2, -0.15) is 0 Å². The molecular weight excluding hydrogens is 242 g/mol. The Hall–Kier alpha value is -1.00. The van der Waals surface area contributed by atoms with Crippen molar-refractivity contribution in [3.8, 4) is 0 Å². The number of aromatic nitrogens is 1. The molecule has 0 aliphatic rings. The molecule has 1 heterocycles. The van der Waals surface area contributed by atoms with E-state index in [4.69, 9.17) is 18.0 Å². The molecule has 1 aromatic heterocycles. The van der Waals surface area contributed by atoms with E-state index in [1.807, 2.05) is 18.3 Å². The number of hydrogen-bond donors (Lipinski definition) is 1. The molecule has 0 aliphatic heterocycles. The van der Waals surface area contributed by atoms with Gasteiger partial charge in [0.15, 0.2) is 0 Å². The molecular formula is C14H23N3S. The van der Waals surface area contributed by atoms with Crippen LogP contribution in [-0.4, -0.2) is 34.5 Å². The highest BCUT2D eigenvalue weighted by atomic mass is 32.1. The van der Waals surface area contributed by atoms with Crippen LogP contribution in [0, 0.1) is 5.92 Å². The minimum Gasteiger partial charge on any atom is -0.393 e. The van der Waals surface area contributed by atoms with Crippen LogP contribution in [0.15, 0.2) is 24.4 Å². The van der Waals surface area contributed by atoms with E-state index in [9.17, 15) is 0 Å². The lowest BCUT2D eigenvalue weighted by molar-refractivity contribution is 0.253. The molecule has 0 spiro atoms. The first kappa shape index (κ1) is 15.1. The fraction of sp³-hybridized carbons (Fsp3) is 0.571. The lowest BCUT2D eigenvalue weighted by atomic mass is 10.2. The number of thiocarbonyl (C=S) groups is 1. The van der Waals surface area contributed by atoms with E-state index in [2.05, 4.69) is 29.8 Å². The average molecular weight is 265 g/mol. The summed E-state index contributed by atoms with van der Waals surface area (Å²) in [6.45, 7) is 7.50. The Kier molecular flexibility index (Phi) is 6.83. The first-order chi connectivity index (χ1) is 8.58. The fourth-order valence-electron chi connectivity index (χ4n) is 1.90. The highest BCUT2D eigenvalue weighted by molar-refractivity contribution is 7.80. The van der Waals surface area contributed by atoms with Crippen LogP contribution in [0.25, 0.3) is 0 Å². The lowest BCUT2D eigenvalue weighted by Gasteiger charge is -2.23. The van der Waals surface area contributed by atoms with E-state index in [1.54, 1.807) is 0 Å². The van der Waals surface area contributed by atoms with Gasteiger partial charge in [-0.05, 0) is 18.1 Å². The molecule has 4 heteroatoms. The van der Waals surface area contributed by atoms with Gasteiger partial charge in [0.1, 0.15) is 0 Å². The summed E-state index contributed by atoms with van der Waals surface area (Å²) in [6, 6.07) is 6.05. The Morgan fingerprint density at radius 1 is 1.39 bits per heavy atom. The van der Waals surface area contributed by atoms with Crippen LogP contribution in [-0.2, 0) is 6.42 Å². The van der Waals surface area contributed by atoms with Gasteiger partial charge in [0, 0.05) is 44.4 Å². The van der Waals surface area contributed by atoms with E-state index >= 15 is 0 Å². The van der Waals surface area contributed by atoms with E-state index < -0.39 is 0 Å². The standard InChI is InChI=1S/C14H23N3S/c1-12(2)11-17(10-7-14(15)18)9-6-13-5-3-4-8-16-13/h3-5,8,12H,6-7,9-11H2,1-2H3,(H2,15,18). The fourth-order valence-corrected chi connectivity index (χ4v) is 1.99. The minimum atomic E-state index is 0.599. The zero-order valence-electron chi connectivity index (χ0n) is 11.3. The van der Waals surface area contributed by atoms with Crippen molar-refractivity contribution >= 4 is 17.2 Å². The third-order valence-corrected chi connectivity index (χ3v) is 2.91. The third kappa shape index (κ3) is 6.67. The quantitative estimate of drug-likeness (QED) is 0.732. The Bertz CT molecular complexity index is 351. The smallest absolute Gasteiger partial charge is 0.0740 e. The molecule has 0 saturated heterocycles. The maximum absolute atomic E-state index is 5.57. The molecule has 18 heavy (non-hydrogen) atoms. The van der Waals surface area contributed by atoms with Crippen LogP contribution < -0.4 is 5.73 Å². The number of nitrogens with two attached hydrogens (primary N) is 1. The maximum atomic E-state index is 5.57. The number of nitrogens with zero attached hydrogens (tertiary/aromatic N) is 2. The summed E-state index contributed by atoms with van der Waals surface area (Å²) in [5, 5.41) is 0. The van der Waals surface area contributed by atoms with Crippen molar-refractivity contribution < 1.29 is 0 Å². The predicted molar refractivity (Wildman–Crippen MR) is 80.6 cm³/mol. The van der Waals surface area contributed by atoms with Gasteiger partial charge in [0.2, 0.25) is 0 Å². The summed E-state index contributed by atoms with van der Waals surface area (Å²) in [7, 11) is 0. The van der Waals surface area contributed by atoms with Crippen LogP contribution >= 0.6 is 12.2 Å². The summed E-state index contributed by atoms with van der Waals surface area (Å²) in [6.07, 6.45) is 3.62. The minimum absolute atomic E-state index is 0.599. The van der Waals surface area contributed by atoms with E-state index in [0.29, 0.717) is 10.9 Å². The highest BCUT2D eigenvalue weighted by Crippen LogP contribution is 2.03. The van der Waals surface area contributed by atoms with Crippen molar-refractivity contribution in [2.75, 3.05) is 19.6 Å². The van der Waals surface area contributed by atoms with Crippen LogP contribution in [0.2, 0.25) is 0 Å². The molecule has 0 radical (unpaired) electrons. The zero-order chi connectivity index (χ0) is 13.4. The van der Waals surface area contributed by atoms with Crippen molar-refractivity contribution in [2.24, 2.45) is 11.7 Å². The SMILES string of the molecule is CC(C)CN(CCC(N)=S)CCc1ccccn1. The van der Waals surface area contributed by atoms with Gasteiger partial charge >= 0.3 is 0 Å². The van der Waals surface area contributed by atoms with Crippen LogP contribution in [0.5, 0.6) is 0 Å². The van der Waals surface area contributed by atoms with Crippen molar-refractivity contribution in [3.63, 3.8) is 0 Å². The summed E-state index contributed by atoms with van der Waals surface area (Å²) >= 11 is 4.94. The normalized spacial score (nSPS) is 11.1. The second-order valence-electron chi connectivity index (χ2n) is 4.98. The van der Waals surface area contributed by atoms with Crippen molar-refractivity contribution in [3.05, 3.63) is 30.1 Å². The molecule has 100 valence electrons. The number of hydrogen-bond acceptors (Lipinski definition) is 3. The Balaban J connectivity index is 2.42. The molecule has 1 rings (SSSR count). The molecule has 0 unspecified atom stereocenters. The highest BCUT2D eigenvalue weighted by Gasteiger charge is 2.08. The van der Waals surface area contributed by atoms with E-state index in [0.717, 1.165) is 38.2 Å². The molecule has 0 aliphatic carbocycles. The topological polar surface area (TPSA) is 42.1 Å². The summed E-state index contributed by atoms with van der Waals surface area (Å²) in [4.78, 5) is 7.36. The Morgan fingerprint density at radius 2 is 2.17 bits per heavy atom. The molecule has 0 atom stereocenters. The summed E-state index contributed by atoms with van der Waals surface area (Å²) in [5.74, 6) is 0.653. The predicted octanol–water partition coefficient (Wildman–Crippen LogP) is 2.26. The van der Waals surface area contributed by atoms with Crippen LogP contribution in [0.1, 0.15) is 26.0 Å². The molecule has 0 bridgehead atoms. The van der Waals surface area contributed by atoms with Gasteiger partial charge in [0.25, 0.3) is 0 Å². The molecule has 0 saturated carbocycles. The maximum Gasteiger partial charge on any atom is 0.0740 e. The molecule has 2 N–H and O–H groups in total. The number of pyridine rings is 1. The molecule has 3 nitrogen and oxygen atoms in total.